The lowest BCUT2D eigenvalue weighted by Gasteiger charge is -2.19. The van der Waals surface area contributed by atoms with E-state index in [1.165, 1.54) is 36.5 Å². The number of benzene rings is 1. The Morgan fingerprint density at radius 3 is 2.48 bits per heavy atom. The van der Waals surface area contributed by atoms with Crippen LogP contribution in [0.25, 0.3) is 0 Å². The van der Waals surface area contributed by atoms with E-state index in [-0.39, 0.29) is 27.7 Å². The molecule has 0 aromatic heterocycles. The van der Waals surface area contributed by atoms with Crippen LogP contribution in [0.15, 0.2) is 23.1 Å². The van der Waals surface area contributed by atoms with Gasteiger partial charge in [0.25, 0.3) is 5.91 Å². The van der Waals surface area contributed by atoms with Gasteiger partial charge in [-0.2, -0.15) is 4.31 Å². The molecule has 0 bridgehead atoms. The van der Waals surface area contributed by atoms with E-state index in [2.05, 4.69) is 5.32 Å². The average molecular weight is 475 g/mol. The number of sulfonamides is 1. The molecule has 2 heterocycles. The fourth-order valence-electron chi connectivity index (χ4n) is 3.58. The van der Waals surface area contributed by atoms with Crippen LogP contribution in [0.4, 0.5) is 0 Å². The minimum absolute atomic E-state index is 0.00618. The highest BCUT2D eigenvalue weighted by atomic mass is 32.2. The van der Waals surface area contributed by atoms with Gasteiger partial charge in [0.05, 0.1) is 24.2 Å². The molecular formula is C19H26N2O8S2. The number of nitrogens with zero attached hydrogens (tertiary/aromatic N) is 1. The Balaban J connectivity index is 1.72. The van der Waals surface area contributed by atoms with Crippen LogP contribution in [0.3, 0.4) is 0 Å². The molecule has 3 rings (SSSR count). The molecule has 2 atom stereocenters. The third-order valence-electron chi connectivity index (χ3n) is 5.31. The molecule has 0 saturated carbocycles. The first-order chi connectivity index (χ1) is 14.5. The molecule has 31 heavy (non-hydrogen) atoms. The second-order valence-corrected chi connectivity index (χ2v) is 11.8. The molecule has 0 aliphatic carbocycles. The number of carbonyl (C=O) groups is 2. The maximum atomic E-state index is 12.9. The zero-order valence-electron chi connectivity index (χ0n) is 17.4. The Hall–Kier alpha value is -2.18. The van der Waals surface area contributed by atoms with Crippen molar-refractivity contribution in [2.45, 2.75) is 43.2 Å². The van der Waals surface area contributed by atoms with Crippen LogP contribution in [0.2, 0.25) is 0 Å². The highest BCUT2D eigenvalue weighted by Crippen LogP contribution is 2.30. The summed E-state index contributed by atoms with van der Waals surface area (Å²) in [7, 11) is -5.67. The summed E-state index contributed by atoms with van der Waals surface area (Å²) >= 11 is 0. The summed E-state index contributed by atoms with van der Waals surface area (Å²) in [6, 6.07) is 3.39. The Labute approximate surface area is 181 Å². The maximum absolute atomic E-state index is 12.9. The van der Waals surface area contributed by atoms with E-state index >= 15 is 0 Å². The Bertz CT molecular complexity index is 1060. The summed E-state index contributed by atoms with van der Waals surface area (Å²) in [6.07, 6.45) is 0.651. The van der Waals surface area contributed by atoms with E-state index in [9.17, 15) is 26.4 Å². The molecule has 2 aliphatic rings. The molecular weight excluding hydrogens is 448 g/mol. The number of methoxy groups -OCH3 is 1. The Morgan fingerprint density at radius 1 is 1.23 bits per heavy atom. The molecule has 12 heteroatoms. The predicted octanol–water partition coefficient (Wildman–Crippen LogP) is 0.328. The van der Waals surface area contributed by atoms with Gasteiger partial charge in [0, 0.05) is 19.1 Å². The highest BCUT2D eigenvalue weighted by Gasteiger charge is 2.32. The van der Waals surface area contributed by atoms with Crippen molar-refractivity contribution in [1.29, 1.82) is 0 Å². The van der Waals surface area contributed by atoms with Gasteiger partial charge in [-0.15, -0.1) is 0 Å². The fraction of sp³-hybridized carbons (Fsp3) is 0.579. The number of sulfone groups is 1. The first kappa shape index (κ1) is 23.5. The van der Waals surface area contributed by atoms with Crippen molar-refractivity contribution in [3.8, 4) is 5.75 Å². The van der Waals surface area contributed by atoms with Crippen molar-refractivity contribution >= 4 is 31.7 Å². The predicted molar refractivity (Wildman–Crippen MR) is 111 cm³/mol. The molecule has 0 unspecified atom stereocenters. The van der Waals surface area contributed by atoms with Crippen molar-refractivity contribution < 1.29 is 35.9 Å². The van der Waals surface area contributed by atoms with E-state index in [1.54, 1.807) is 0 Å². The molecule has 0 radical (unpaired) electrons. The van der Waals surface area contributed by atoms with Crippen molar-refractivity contribution in [1.82, 2.24) is 9.62 Å². The number of carbonyl (C=O) groups excluding carboxylic acids is 2. The fourth-order valence-corrected chi connectivity index (χ4v) is 6.95. The van der Waals surface area contributed by atoms with Crippen LogP contribution in [-0.4, -0.2) is 76.9 Å². The summed E-state index contributed by atoms with van der Waals surface area (Å²) < 4.78 is 60.6. The van der Waals surface area contributed by atoms with Gasteiger partial charge in [0.1, 0.15) is 10.6 Å². The molecule has 1 N–H and O–H groups in total. The van der Waals surface area contributed by atoms with Crippen molar-refractivity contribution in [3.63, 3.8) is 0 Å². The number of amides is 1. The van der Waals surface area contributed by atoms with E-state index in [4.69, 9.17) is 9.47 Å². The van der Waals surface area contributed by atoms with Crippen molar-refractivity contribution in [2.75, 3.05) is 31.7 Å². The largest absolute Gasteiger partial charge is 0.495 e. The summed E-state index contributed by atoms with van der Waals surface area (Å²) in [5, 5.41) is 2.56. The van der Waals surface area contributed by atoms with Gasteiger partial charge in [-0.1, -0.05) is 0 Å². The van der Waals surface area contributed by atoms with Gasteiger partial charge in [0.15, 0.2) is 15.9 Å². The summed E-state index contributed by atoms with van der Waals surface area (Å²) in [4.78, 5) is 24.7. The standard InChI is InChI=1S/C19H26N2O8S2/c1-13(18(22)20-15-7-10-30(24,25)12-15)29-19(23)14-5-6-16(28-2)17(11-14)31(26,27)21-8-3-4-9-21/h5-6,11,13,15H,3-4,7-10,12H2,1-2H3,(H,20,22)/t13-,15-/m0/s1. The first-order valence-electron chi connectivity index (χ1n) is 9.93. The SMILES string of the molecule is COc1ccc(C(=O)O[C@@H](C)C(=O)N[C@H]2CCS(=O)(=O)C2)cc1S(=O)(=O)N1CCCC1. The van der Waals surface area contributed by atoms with E-state index in [0.29, 0.717) is 19.5 Å². The molecule has 1 aromatic rings. The highest BCUT2D eigenvalue weighted by molar-refractivity contribution is 7.91. The minimum atomic E-state index is -3.84. The summed E-state index contributed by atoms with van der Waals surface area (Å²) in [6.45, 7) is 2.16. The molecule has 1 aromatic carbocycles. The Kier molecular flexibility index (Phi) is 6.92. The number of hydrogen-bond acceptors (Lipinski definition) is 8. The molecule has 2 fully saturated rings. The lowest BCUT2D eigenvalue weighted by Crippen LogP contribution is -2.42. The van der Waals surface area contributed by atoms with Crippen molar-refractivity contribution in [3.05, 3.63) is 23.8 Å². The third kappa shape index (κ3) is 5.36. The second-order valence-electron chi connectivity index (χ2n) is 7.63. The number of nitrogens with one attached hydrogen (secondary N) is 1. The molecule has 172 valence electrons. The zero-order chi connectivity index (χ0) is 22.8. The minimum Gasteiger partial charge on any atom is -0.495 e. The normalized spacial score (nSPS) is 22.1. The summed E-state index contributed by atoms with van der Waals surface area (Å²) in [5.74, 6) is -1.52. The number of rotatable bonds is 7. The van der Waals surface area contributed by atoms with Crippen molar-refractivity contribution in [2.24, 2.45) is 0 Å². The lowest BCUT2D eigenvalue weighted by atomic mass is 10.2. The van der Waals surface area contributed by atoms with Gasteiger partial charge in [-0.3, -0.25) is 4.79 Å². The third-order valence-corrected chi connectivity index (χ3v) is 9.00. The Morgan fingerprint density at radius 2 is 1.90 bits per heavy atom. The van der Waals surface area contributed by atoms with Crippen LogP contribution in [0, 0.1) is 0 Å². The molecule has 1 amide bonds. The van der Waals surface area contributed by atoms with Gasteiger partial charge in [-0.05, 0) is 44.4 Å². The first-order valence-corrected chi connectivity index (χ1v) is 13.2. The van der Waals surface area contributed by atoms with Crippen LogP contribution >= 0.6 is 0 Å². The zero-order valence-corrected chi connectivity index (χ0v) is 19.0. The lowest BCUT2D eigenvalue weighted by molar-refractivity contribution is -0.129. The molecule has 0 spiro atoms. The van der Waals surface area contributed by atoms with Crippen LogP contribution in [0.1, 0.15) is 36.5 Å². The number of hydrogen-bond donors (Lipinski definition) is 1. The maximum Gasteiger partial charge on any atom is 0.338 e. The van der Waals surface area contributed by atoms with Crippen LogP contribution in [0.5, 0.6) is 5.75 Å². The van der Waals surface area contributed by atoms with E-state index in [1.807, 2.05) is 0 Å². The van der Waals surface area contributed by atoms with Crippen LogP contribution < -0.4 is 10.1 Å². The van der Waals surface area contributed by atoms with Crippen LogP contribution in [-0.2, 0) is 29.4 Å². The monoisotopic (exact) mass is 474 g/mol. The summed E-state index contributed by atoms with van der Waals surface area (Å²) in [5.41, 5.74) is -0.0401. The van der Waals surface area contributed by atoms with Gasteiger partial charge >= 0.3 is 5.97 Å². The smallest absolute Gasteiger partial charge is 0.338 e. The average Bonchev–Trinajstić information content (AvgIpc) is 3.37. The topological polar surface area (TPSA) is 136 Å². The molecule has 10 nitrogen and oxygen atoms in total. The van der Waals surface area contributed by atoms with Gasteiger partial charge in [0.2, 0.25) is 10.0 Å². The van der Waals surface area contributed by atoms with E-state index < -0.39 is 43.9 Å². The van der Waals surface area contributed by atoms with E-state index in [0.717, 1.165) is 12.8 Å². The van der Waals surface area contributed by atoms with Gasteiger partial charge in [-0.25, -0.2) is 21.6 Å². The molecule has 2 saturated heterocycles. The number of esters is 1. The number of ether oxygens (including phenoxy) is 2. The molecule has 2 aliphatic heterocycles. The quantitative estimate of drug-likeness (QED) is 0.558. The second kappa shape index (κ2) is 9.13. The van der Waals surface area contributed by atoms with Gasteiger partial charge < -0.3 is 14.8 Å².